The zero-order chi connectivity index (χ0) is 18.4. The smallest absolute Gasteiger partial charge is 0.348 e. The molecule has 132 valence electrons. The van der Waals surface area contributed by atoms with E-state index in [2.05, 4.69) is 10.1 Å². The average molecular weight is 370 g/mol. The molecule has 0 spiro atoms. The standard InChI is InChI=1S/C17H14N4O4S/c1-8-5-12(22)14(17(24)25-8)10-6-11(13-3-2-4-26-13)21-16(20-10)9(7-19-21)15(18)23/h2-5,7,11,22H,6H2,1H3,(H2,18,23)/t11-/m0/s1. The first-order chi connectivity index (χ1) is 12.5. The number of primary amides is 1. The fourth-order valence-corrected chi connectivity index (χ4v) is 3.85. The lowest BCUT2D eigenvalue weighted by molar-refractivity contribution is 0.100. The van der Waals surface area contributed by atoms with Crippen LogP contribution in [0.2, 0.25) is 0 Å². The van der Waals surface area contributed by atoms with Gasteiger partial charge < -0.3 is 15.3 Å². The molecule has 8 nitrogen and oxygen atoms in total. The van der Waals surface area contributed by atoms with Gasteiger partial charge >= 0.3 is 5.63 Å². The highest BCUT2D eigenvalue weighted by Crippen LogP contribution is 2.37. The van der Waals surface area contributed by atoms with Crippen molar-refractivity contribution in [2.75, 3.05) is 0 Å². The highest BCUT2D eigenvalue weighted by atomic mass is 32.1. The molecule has 0 aromatic carbocycles. The minimum Gasteiger partial charge on any atom is -0.507 e. The average Bonchev–Trinajstić information content (AvgIpc) is 3.23. The van der Waals surface area contributed by atoms with Crippen molar-refractivity contribution in [1.29, 1.82) is 0 Å². The molecule has 0 fully saturated rings. The van der Waals surface area contributed by atoms with E-state index in [4.69, 9.17) is 10.2 Å². The Bertz CT molecular complexity index is 1090. The number of nitrogens with two attached hydrogens (primary N) is 1. The summed E-state index contributed by atoms with van der Waals surface area (Å²) in [6.07, 6.45) is 1.68. The van der Waals surface area contributed by atoms with Crippen molar-refractivity contribution in [3.63, 3.8) is 0 Å². The van der Waals surface area contributed by atoms with Gasteiger partial charge in [0.05, 0.1) is 18.0 Å². The van der Waals surface area contributed by atoms with Crippen LogP contribution in [-0.4, -0.2) is 26.5 Å². The summed E-state index contributed by atoms with van der Waals surface area (Å²) in [6, 6.07) is 4.93. The van der Waals surface area contributed by atoms with Crippen LogP contribution in [0.5, 0.6) is 5.75 Å². The molecule has 3 N–H and O–H groups in total. The van der Waals surface area contributed by atoms with Gasteiger partial charge in [-0.05, 0) is 18.4 Å². The molecule has 1 aliphatic rings. The Labute approximate surface area is 151 Å². The summed E-state index contributed by atoms with van der Waals surface area (Å²) in [5.41, 5.74) is 5.20. The number of hydrogen-bond acceptors (Lipinski definition) is 7. The molecule has 1 amide bonds. The van der Waals surface area contributed by atoms with Crippen molar-refractivity contribution in [3.05, 3.63) is 62.0 Å². The van der Waals surface area contributed by atoms with Crippen molar-refractivity contribution < 1.29 is 14.3 Å². The molecule has 4 rings (SSSR count). The normalized spacial score (nSPS) is 16.2. The number of nitrogens with zero attached hydrogens (tertiary/aromatic N) is 3. The number of rotatable bonds is 3. The molecule has 0 bridgehead atoms. The molecule has 0 unspecified atom stereocenters. The van der Waals surface area contributed by atoms with E-state index in [0.717, 1.165) is 4.88 Å². The summed E-state index contributed by atoms with van der Waals surface area (Å²) in [6.45, 7) is 1.57. The van der Waals surface area contributed by atoms with Gasteiger partial charge in [0.1, 0.15) is 22.6 Å². The van der Waals surface area contributed by atoms with Gasteiger partial charge in [-0.15, -0.1) is 11.3 Å². The molecule has 0 radical (unpaired) electrons. The van der Waals surface area contributed by atoms with Gasteiger partial charge in [-0.2, -0.15) is 5.10 Å². The Morgan fingerprint density at radius 3 is 2.96 bits per heavy atom. The number of aromatic hydroxyl groups is 1. The topological polar surface area (TPSA) is 124 Å². The van der Waals surface area contributed by atoms with Gasteiger partial charge in [-0.1, -0.05) is 6.07 Å². The molecule has 1 atom stereocenters. The number of aromatic nitrogens is 2. The first kappa shape index (κ1) is 16.3. The molecular weight excluding hydrogens is 356 g/mol. The predicted molar refractivity (Wildman–Crippen MR) is 95.4 cm³/mol. The zero-order valence-corrected chi connectivity index (χ0v) is 14.5. The maximum atomic E-state index is 12.3. The van der Waals surface area contributed by atoms with Crippen molar-refractivity contribution in [2.24, 2.45) is 10.7 Å². The van der Waals surface area contributed by atoms with Gasteiger partial charge in [0.25, 0.3) is 5.91 Å². The van der Waals surface area contributed by atoms with Gasteiger partial charge in [0, 0.05) is 17.4 Å². The van der Waals surface area contributed by atoms with Crippen molar-refractivity contribution >= 4 is 28.8 Å². The molecule has 1 aliphatic heterocycles. The van der Waals surface area contributed by atoms with Crippen LogP contribution >= 0.6 is 11.3 Å². The fourth-order valence-electron chi connectivity index (χ4n) is 3.03. The number of carbonyl (C=O) groups excluding carboxylic acids is 1. The lowest BCUT2D eigenvalue weighted by atomic mass is 10.0. The molecule has 3 aromatic rings. The lowest BCUT2D eigenvalue weighted by Crippen LogP contribution is -2.25. The van der Waals surface area contributed by atoms with Crippen LogP contribution in [0, 0.1) is 6.92 Å². The summed E-state index contributed by atoms with van der Waals surface area (Å²) in [5.74, 6) is -0.320. The second kappa shape index (κ2) is 5.95. The number of amides is 1. The highest BCUT2D eigenvalue weighted by molar-refractivity contribution is 7.10. The number of aliphatic imine (C=N–C) groups is 1. The maximum Gasteiger partial charge on any atom is 0.348 e. The second-order valence-electron chi connectivity index (χ2n) is 5.89. The molecule has 26 heavy (non-hydrogen) atoms. The van der Waals surface area contributed by atoms with Crippen LogP contribution in [-0.2, 0) is 0 Å². The third-order valence-electron chi connectivity index (χ3n) is 4.17. The summed E-state index contributed by atoms with van der Waals surface area (Å²) in [5, 5.41) is 16.4. The van der Waals surface area contributed by atoms with Crippen LogP contribution in [0.1, 0.15) is 39.0 Å². The Morgan fingerprint density at radius 1 is 1.50 bits per heavy atom. The quantitative estimate of drug-likeness (QED) is 0.731. The van der Waals surface area contributed by atoms with Gasteiger partial charge in [-0.3, -0.25) is 4.79 Å². The number of thiophene rings is 1. The molecule has 0 saturated carbocycles. The largest absolute Gasteiger partial charge is 0.507 e. The van der Waals surface area contributed by atoms with E-state index < -0.39 is 11.5 Å². The minimum absolute atomic E-state index is 0.0139. The van der Waals surface area contributed by atoms with E-state index >= 15 is 0 Å². The maximum absolute atomic E-state index is 12.3. The molecule has 3 aromatic heterocycles. The first-order valence-electron chi connectivity index (χ1n) is 7.78. The summed E-state index contributed by atoms with van der Waals surface area (Å²) >= 11 is 1.52. The van der Waals surface area contributed by atoms with Crippen LogP contribution < -0.4 is 11.4 Å². The van der Waals surface area contributed by atoms with Gasteiger partial charge in [-0.25, -0.2) is 14.5 Å². The molecule has 9 heteroatoms. The van der Waals surface area contributed by atoms with Crippen molar-refractivity contribution in [1.82, 2.24) is 9.78 Å². The SMILES string of the molecule is Cc1cc(O)c(C2=Nc3c(C(N)=O)cnn3[C@H](c3cccs3)C2)c(=O)o1. The minimum atomic E-state index is -0.681. The van der Waals surface area contributed by atoms with Gasteiger partial charge in [0.2, 0.25) is 0 Å². The van der Waals surface area contributed by atoms with Crippen LogP contribution in [0.25, 0.3) is 0 Å². The number of aryl methyl sites for hydroxylation is 1. The van der Waals surface area contributed by atoms with Crippen LogP contribution in [0.4, 0.5) is 5.82 Å². The molecule has 0 aliphatic carbocycles. The van der Waals surface area contributed by atoms with E-state index in [1.54, 1.807) is 11.6 Å². The van der Waals surface area contributed by atoms with E-state index in [1.807, 2.05) is 17.5 Å². The zero-order valence-electron chi connectivity index (χ0n) is 13.7. The first-order valence-corrected chi connectivity index (χ1v) is 8.66. The van der Waals surface area contributed by atoms with E-state index in [-0.39, 0.29) is 28.7 Å². The third kappa shape index (κ3) is 2.53. The monoisotopic (exact) mass is 370 g/mol. The Hall–Kier alpha value is -3.20. The van der Waals surface area contributed by atoms with Crippen LogP contribution in [0.3, 0.4) is 0 Å². The summed E-state index contributed by atoms with van der Waals surface area (Å²) in [7, 11) is 0. The number of hydrogen-bond donors (Lipinski definition) is 2. The Balaban J connectivity index is 1.94. The third-order valence-corrected chi connectivity index (χ3v) is 5.15. The Kier molecular flexibility index (Phi) is 3.73. The molecule has 0 saturated heterocycles. The van der Waals surface area contributed by atoms with Crippen molar-refractivity contribution in [3.8, 4) is 5.75 Å². The lowest BCUT2D eigenvalue weighted by Gasteiger charge is -2.23. The van der Waals surface area contributed by atoms with E-state index in [1.165, 1.54) is 23.6 Å². The summed E-state index contributed by atoms with van der Waals surface area (Å²) in [4.78, 5) is 29.4. The van der Waals surface area contributed by atoms with E-state index in [0.29, 0.717) is 17.9 Å². The number of carbonyl (C=O) groups is 1. The fraction of sp³-hybridized carbons (Fsp3) is 0.176. The van der Waals surface area contributed by atoms with Crippen LogP contribution in [0.15, 0.2) is 44.0 Å². The van der Waals surface area contributed by atoms with Crippen molar-refractivity contribution in [2.45, 2.75) is 19.4 Å². The predicted octanol–water partition coefficient (Wildman–Crippen LogP) is 2.12. The van der Waals surface area contributed by atoms with E-state index in [9.17, 15) is 14.7 Å². The Morgan fingerprint density at radius 2 is 2.31 bits per heavy atom. The highest BCUT2D eigenvalue weighted by Gasteiger charge is 2.31. The second-order valence-corrected chi connectivity index (χ2v) is 6.87. The summed E-state index contributed by atoms with van der Waals surface area (Å²) < 4.78 is 6.72. The molecule has 4 heterocycles. The molecular formula is C17H14N4O4S. The number of fused-ring (bicyclic) bond motifs is 1. The van der Waals surface area contributed by atoms with Gasteiger partial charge in [0.15, 0.2) is 5.82 Å².